The average molecular weight is 234 g/mol. The van der Waals surface area contributed by atoms with E-state index in [0.717, 1.165) is 12.8 Å². The van der Waals surface area contributed by atoms with Gasteiger partial charge in [0.2, 0.25) is 0 Å². The minimum atomic E-state index is -1.25. The SMILES string of the molecule is CCCCOC(CC(C)(C)O)OC(C)(C)O. The lowest BCUT2D eigenvalue weighted by Gasteiger charge is -2.30. The Kier molecular flexibility index (Phi) is 6.48. The summed E-state index contributed by atoms with van der Waals surface area (Å²) in [6.07, 6.45) is 1.74. The van der Waals surface area contributed by atoms with Crippen molar-refractivity contribution in [1.82, 2.24) is 0 Å². The van der Waals surface area contributed by atoms with Crippen LogP contribution in [0.2, 0.25) is 0 Å². The molecule has 0 saturated carbocycles. The Balaban J connectivity index is 4.17. The van der Waals surface area contributed by atoms with Gasteiger partial charge >= 0.3 is 0 Å². The third kappa shape index (κ3) is 10.4. The lowest BCUT2D eigenvalue weighted by molar-refractivity contribution is -0.284. The van der Waals surface area contributed by atoms with E-state index in [4.69, 9.17) is 9.47 Å². The van der Waals surface area contributed by atoms with E-state index < -0.39 is 17.7 Å². The maximum atomic E-state index is 9.70. The van der Waals surface area contributed by atoms with Crippen molar-refractivity contribution < 1.29 is 19.7 Å². The van der Waals surface area contributed by atoms with Crippen LogP contribution in [0.5, 0.6) is 0 Å². The van der Waals surface area contributed by atoms with Gasteiger partial charge in [-0.05, 0) is 34.1 Å². The Morgan fingerprint density at radius 3 is 2.06 bits per heavy atom. The molecule has 0 aromatic carbocycles. The summed E-state index contributed by atoms with van der Waals surface area (Å²) >= 11 is 0. The second-order valence-corrected chi connectivity index (χ2v) is 5.24. The molecule has 0 aliphatic heterocycles. The standard InChI is InChI=1S/C12H26O4/c1-6-7-8-15-10(9-11(2,3)13)16-12(4,5)14/h10,13-14H,6-9H2,1-5H3. The summed E-state index contributed by atoms with van der Waals surface area (Å²) in [6.45, 7) is 9.13. The number of aliphatic hydroxyl groups is 2. The quantitative estimate of drug-likeness (QED) is 0.498. The predicted molar refractivity (Wildman–Crippen MR) is 62.9 cm³/mol. The Labute approximate surface area is 98.6 Å². The fraction of sp³-hybridized carbons (Fsp3) is 1.00. The van der Waals surface area contributed by atoms with E-state index in [2.05, 4.69) is 6.92 Å². The molecule has 0 aromatic heterocycles. The second kappa shape index (κ2) is 6.55. The minimum absolute atomic E-state index is 0.334. The summed E-state index contributed by atoms with van der Waals surface area (Å²) in [5.41, 5.74) is -0.873. The fourth-order valence-electron chi connectivity index (χ4n) is 1.22. The van der Waals surface area contributed by atoms with Crippen molar-refractivity contribution in [1.29, 1.82) is 0 Å². The van der Waals surface area contributed by atoms with E-state index in [1.54, 1.807) is 27.7 Å². The third-order valence-corrected chi connectivity index (χ3v) is 1.89. The summed E-state index contributed by atoms with van der Waals surface area (Å²) in [5.74, 6) is -1.25. The molecule has 0 rings (SSSR count). The minimum Gasteiger partial charge on any atom is -0.390 e. The van der Waals surface area contributed by atoms with Gasteiger partial charge < -0.3 is 19.7 Å². The number of rotatable bonds is 8. The van der Waals surface area contributed by atoms with Crippen LogP contribution in [0.25, 0.3) is 0 Å². The molecule has 0 spiro atoms. The van der Waals surface area contributed by atoms with Gasteiger partial charge in [0.25, 0.3) is 0 Å². The Hall–Kier alpha value is -0.160. The second-order valence-electron chi connectivity index (χ2n) is 5.24. The van der Waals surface area contributed by atoms with E-state index in [9.17, 15) is 10.2 Å². The molecule has 0 heterocycles. The first kappa shape index (κ1) is 15.8. The van der Waals surface area contributed by atoms with Gasteiger partial charge in [-0.15, -0.1) is 0 Å². The first-order chi connectivity index (χ1) is 7.14. The molecule has 0 aliphatic carbocycles. The number of ether oxygens (including phenoxy) is 2. The van der Waals surface area contributed by atoms with Gasteiger partial charge in [-0.25, -0.2) is 0 Å². The monoisotopic (exact) mass is 234 g/mol. The molecular weight excluding hydrogens is 208 g/mol. The lowest BCUT2D eigenvalue weighted by atomic mass is 10.1. The zero-order chi connectivity index (χ0) is 12.8. The lowest BCUT2D eigenvalue weighted by Crippen LogP contribution is -2.37. The first-order valence-corrected chi connectivity index (χ1v) is 5.88. The van der Waals surface area contributed by atoms with Crippen molar-refractivity contribution in [3.8, 4) is 0 Å². The van der Waals surface area contributed by atoms with Crippen molar-refractivity contribution in [2.45, 2.75) is 71.6 Å². The maximum Gasteiger partial charge on any atom is 0.163 e. The molecule has 0 aliphatic rings. The van der Waals surface area contributed by atoms with Gasteiger partial charge in [-0.2, -0.15) is 0 Å². The van der Waals surface area contributed by atoms with Crippen molar-refractivity contribution in [3.05, 3.63) is 0 Å². The molecule has 1 unspecified atom stereocenters. The van der Waals surface area contributed by atoms with Gasteiger partial charge in [0, 0.05) is 13.0 Å². The van der Waals surface area contributed by atoms with E-state index in [1.165, 1.54) is 0 Å². The van der Waals surface area contributed by atoms with Gasteiger partial charge in [0.05, 0.1) is 5.60 Å². The molecule has 0 aromatic rings. The fourth-order valence-corrected chi connectivity index (χ4v) is 1.22. The van der Waals surface area contributed by atoms with Crippen LogP contribution in [0.1, 0.15) is 53.9 Å². The Morgan fingerprint density at radius 2 is 1.69 bits per heavy atom. The normalized spacial score (nSPS) is 15.2. The highest BCUT2D eigenvalue weighted by Gasteiger charge is 2.26. The predicted octanol–water partition coefficient (Wildman–Crippen LogP) is 2.04. The Bertz CT molecular complexity index is 162. The number of unbranched alkanes of at least 4 members (excludes halogenated alkanes) is 1. The highest BCUT2D eigenvalue weighted by Crippen LogP contribution is 2.19. The molecule has 0 saturated heterocycles. The molecule has 98 valence electrons. The number of hydrogen-bond donors (Lipinski definition) is 2. The highest BCUT2D eigenvalue weighted by molar-refractivity contribution is 4.68. The molecule has 0 radical (unpaired) electrons. The molecular formula is C12H26O4. The van der Waals surface area contributed by atoms with Crippen LogP contribution in [0.3, 0.4) is 0 Å². The molecule has 1 atom stereocenters. The summed E-state index contributed by atoms with van der Waals surface area (Å²) < 4.78 is 10.8. The van der Waals surface area contributed by atoms with Crippen molar-refractivity contribution in [2.24, 2.45) is 0 Å². The largest absolute Gasteiger partial charge is 0.390 e. The molecule has 4 heteroatoms. The zero-order valence-corrected chi connectivity index (χ0v) is 11.1. The molecule has 0 bridgehead atoms. The summed E-state index contributed by atoms with van der Waals surface area (Å²) in [4.78, 5) is 0. The van der Waals surface area contributed by atoms with Gasteiger partial charge in [-0.3, -0.25) is 0 Å². The van der Waals surface area contributed by atoms with Gasteiger partial charge in [-0.1, -0.05) is 13.3 Å². The molecule has 4 nitrogen and oxygen atoms in total. The van der Waals surface area contributed by atoms with E-state index in [0.29, 0.717) is 13.0 Å². The zero-order valence-electron chi connectivity index (χ0n) is 11.1. The first-order valence-electron chi connectivity index (χ1n) is 5.88. The number of hydrogen-bond acceptors (Lipinski definition) is 4. The topological polar surface area (TPSA) is 58.9 Å². The van der Waals surface area contributed by atoms with Crippen LogP contribution < -0.4 is 0 Å². The summed E-state index contributed by atoms with van der Waals surface area (Å²) in [5, 5.41) is 19.3. The van der Waals surface area contributed by atoms with E-state index in [1.807, 2.05) is 0 Å². The van der Waals surface area contributed by atoms with Crippen LogP contribution in [-0.2, 0) is 9.47 Å². The van der Waals surface area contributed by atoms with Crippen molar-refractivity contribution in [3.63, 3.8) is 0 Å². The average Bonchev–Trinajstić information content (AvgIpc) is 1.97. The van der Waals surface area contributed by atoms with Crippen LogP contribution in [-0.4, -0.2) is 34.5 Å². The summed E-state index contributed by atoms with van der Waals surface area (Å²) in [7, 11) is 0. The maximum absolute atomic E-state index is 9.70. The molecule has 0 amide bonds. The molecule has 16 heavy (non-hydrogen) atoms. The van der Waals surface area contributed by atoms with Crippen molar-refractivity contribution in [2.75, 3.05) is 6.61 Å². The van der Waals surface area contributed by atoms with Crippen LogP contribution >= 0.6 is 0 Å². The van der Waals surface area contributed by atoms with Gasteiger partial charge in [0.1, 0.15) is 0 Å². The summed E-state index contributed by atoms with van der Waals surface area (Å²) in [6, 6.07) is 0. The van der Waals surface area contributed by atoms with Gasteiger partial charge in [0.15, 0.2) is 12.1 Å². The van der Waals surface area contributed by atoms with E-state index in [-0.39, 0.29) is 0 Å². The van der Waals surface area contributed by atoms with Crippen LogP contribution in [0.4, 0.5) is 0 Å². The third-order valence-electron chi connectivity index (χ3n) is 1.89. The van der Waals surface area contributed by atoms with Crippen LogP contribution in [0.15, 0.2) is 0 Å². The highest BCUT2D eigenvalue weighted by atomic mass is 16.7. The van der Waals surface area contributed by atoms with Crippen molar-refractivity contribution >= 4 is 0 Å². The molecule has 0 fully saturated rings. The van der Waals surface area contributed by atoms with E-state index >= 15 is 0 Å². The van der Waals surface area contributed by atoms with Crippen LogP contribution in [0, 0.1) is 0 Å². The smallest absolute Gasteiger partial charge is 0.163 e. The Morgan fingerprint density at radius 1 is 1.12 bits per heavy atom. The molecule has 2 N–H and O–H groups in total.